The predicted molar refractivity (Wildman–Crippen MR) is 54.7 cm³/mol. The van der Waals surface area contributed by atoms with E-state index in [1.807, 2.05) is 6.92 Å². The van der Waals surface area contributed by atoms with E-state index in [1.165, 1.54) is 0 Å². The molecule has 0 bridgehead atoms. The fourth-order valence-electron chi connectivity index (χ4n) is 1.22. The van der Waals surface area contributed by atoms with Crippen LogP contribution in [0.4, 0.5) is 4.39 Å². The Morgan fingerprint density at radius 3 is 3.18 bits per heavy atom. The highest BCUT2D eigenvalue weighted by Crippen LogP contribution is 2.14. The van der Waals surface area contributed by atoms with Crippen molar-refractivity contribution in [3.8, 4) is 0 Å². The van der Waals surface area contributed by atoms with Crippen LogP contribution in [0.25, 0.3) is 11.2 Å². The number of hydrogen-bond acceptors (Lipinski definition) is 6. The van der Waals surface area contributed by atoms with Gasteiger partial charge in [0, 0.05) is 0 Å². The van der Waals surface area contributed by atoms with Gasteiger partial charge < -0.3 is 9.26 Å². The van der Waals surface area contributed by atoms with Crippen LogP contribution in [0.15, 0.2) is 10.7 Å². The third-order valence-corrected chi connectivity index (χ3v) is 2.08. The molecule has 0 spiro atoms. The summed E-state index contributed by atoms with van der Waals surface area (Å²) < 4.78 is 22.5. The molecule has 2 heterocycles. The molecule has 6 nitrogen and oxygen atoms in total. The van der Waals surface area contributed by atoms with Gasteiger partial charge in [-0.05, 0) is 6.42 Å². The summed E-state index contributed by atoms with van der Waals surface area (Å²) in [5.74, 6) is -1.49. The van der Waals surface area contributed by atoms with Crippen LogP contribution in [0.2, 0.25) is 0 Å². The monoisotopic (exact) mass is 239 g/mol. The highest BCUT2D eigenvalue weighted by molar-refractivity contribution is 5.98. The Morgan fingerprint density at radius 1 is 1.59 bits per heavy atom. The fourth-order valence-corrected chi connectivity index (χ4v) is 1.22. The molecule has 7 heteroatoms. The van der Waals surface area contributed by atoms with E-state index in [4.69, 9.17) is 9.26 Å². The first-order chi connectivity index (χ1) is 8.22. The van der Waals surface area contributed by atoms with Crippen molar-refractivity contribution in [2.75, 3.05) is 6.61 Å². The number of ether oxygens (including phenoxy) is 1. The molecule has 0 atom stereocenters. The van der Waals surface area contributed by atoms with Crippen molar-refractivity contribution < 1.29 is 18.4 Å². The second kappa shape index (κ2) is 4.86. The Hall–Kier alpha value is -2.05. The summed E-state index contributed by atoms with van der Waals surface area (Å²) in [7, 11) is 0. The van der Waals surface area contributed by atoms with E-state index >= 15 is 0 Å². The molecule has 2 rings (SSSR count). The molecule has 0 saturated carbocycles. The summed E-state index contributed by atoms with van der Waals surface area (Å²) >= 11 is 0. The highest BCUT2D eigenvalue weighted by atomic mass is 19.1. The van der Waals surface area contributed by atoms with Gasteiger partial charge in [0.2, 0.25) is 11.6 Å². The zero-order valence-corrected chi connectivity index (χ0v) is 9.14. The maximum atomic E-state index is 12.9. The fraction of sp³-hybridized carbons (Fsp3) is 0.400. The minimum absolute atomic E-state index is 0.00819. The van der Waals surface area contributed by atoms with Crippen molar-refractivity contribution in [1.82, 2.24) is 15.1 Å². The van der Waals surface area contributed by atoms with Gasteiger partial charge in [-0.15, -0.1) is 0 Å². The van der Waals surface area contributed by atoms with E-state index in [0.717, 1.165) is 19.0 Å². The maximum Gasteiger partial charge on any atom is 0.362 e. The third-order valence-electron chi connectivity index (χ3n) is 2.08. The Balaban J connectivity index is 2.23. The van der Waals surface area contributed by atoms with Crippen molar-refractivity contribution in [1.29, 1.82) is 0 Å². The number of carbonyl (C=O) groups is 1. The van der Waals surface area contributed by atoms with E-state index in [1.54, 1.807) is 0 Å². The number of rotatable bonds is 4. The molecular weight excluding hydrogens is 229 g/mol. The molecule has 0 saturated heterocycles. The summed E-state index contributed by atoms with van der Waals surface area (Å²) in [4.78, 5) is 18.7. The Labute approximate surface area is 95.8 Å². The molecule has 0 radical (unpaired) electrons. The predicted octanol–water partition coefficient (Wildman–Crippen LogP) is 1.71. The molecule has 17 heavy (non-hydrogen) atoms. The largest absolute Gasteiger partial charge is 0.461 e. The summed E-state index contributed by atoms with van der Waals surface area (Å²) in [6.07, 6.45) is 2.54. The third kappa shape index (κ3) is 2.38. The van der Waals surface area contributed by atoms with Crippen LogP contribution in [0, 0.1) is 5.95 Å². The van der Waals surface area contributed by atoms with Gasteiger partial charge in [-0.25, -0.2) is 14.8 Å². The van der Waals surface area contributed by atoms with Crippen LogP contribution in [0.1, 0.15) is 30.3 Å². The smallest absolute Gasteiger partial charge is 0.362 e. The summed E-state index contributed by atoms with van der Waals surface area (Å²) in [6.45, 7) is 2.26. The lowest BCUT2D eigenvalue weighted by Gasteiger charge is -1.99. The van der Waals surface area contributed by atoms with Crippen molar-refractivity contribution >= 4 is 17.2 Å². The van der Waals surface area contributed by atoms with Gasteiger partial charge in [0.25, 0.3) is 5.71 Å². The molecule has 0 aliphatic carbocycles. The number of nitrogens with zero attached hydrogens (tertiary/aromatic N) is 3. The Kier molecular flexibility index (Phi) is 3.27. The average molecular weight is 239 g/mol. The topological polar surface area (TPSA) is 78.1 Å². The number of esters is 1. The number of carbonyl (C=O) groups excluding carboxylic acids is 1. The highest BCUT2D eigenvalue weighted by Gasteiger charge is 2.20. The molecule has 0 fully saturated rings. The molecule has 2 aromatic heterocycles. The van der Waals surface area contributed by atoms with Gasteiger partial charge in [0.15, 0.2) is 5.52 Å². The van der Waals surface area contributed by atoms with E-state index in [0.29, 0.717) is 0 Å². The molecule has 2 aromatic rings. The van der Waals surface area contributed by atoms with Gasteiger partial charge in [0.05, 0.1) is 12.8 Å². The number of hydrogen-bond donors (Lipinski definition) is 0. The molecule has 0 amide bonds. The maximum absolute atomic E-state index is 12.9. The van der Waals surface area contributed by atoms with Gasteiger partial charge in [-0.3, -0.25) is 0 Å². The molecule has 0 N–H and O–H groups in total. The van der Waals surface area contributed by atoms with Crippen LogP contribution < -0.4 is 0 Å². The van der Waals surface area contributed by atoms with Gasteiger partial charge >= 0.3 is 5.97 Å². The lowest BCUT2D eigenvalue weighted by Crippen LogP contribution is -2.07. The van der Waals surface area contributed by atoms with Crippen LogP contribution in [0.5, 0.6) is 0 Å². The minimum atomic E-state index is -0.802. The summed E-state index contributed by atoms with van der Waals surface area (Å²) in [6, 6.07) is 0. The van der Waals surface area contributed by atoms with E-state index in [9.17, 15) is 9.18 Å². The molecule has 90 valence electrons. The molecule has 0 aliphatic heterocycles. The average Bonchev–Trinajstić information content (AvgIpc) is 2.72. The number of aromatic nitrogens is 3. The molecule has 0 aliphatic rings. The standard InChI is InChI=1S/C10H10FN3O3/c1-2-3-4-16-10(15)8-7-9(17-14-8)12-5-6(11)13-7/h5H,2-4H2,1H3. The van der Waals surface area contributed by atoms with Gasteiger partial charge in [-0.1, -0.05) is 18.5 Å². The SMILES string of the molecule is CCCCOC(=O)c1noc2ncc(F)nc12. The molecule has 0 aromatic carbocycles. The first-order valence-corrected chi connectivity index (χ1v) is 5.17. The first kappa shape index (κ1) is 11.4. The zero-order chi connectivity index (χ0) is 12.3. The van der Waals surface area contributed by atoms with Gasteiger partial charge in [-0.2, -0.15) is 4.39 Å². The number of fused-ring (bicyclic) bond motifs is 1. The van der Waals surface area contributed by atoms with Crippen molar-refractivity contribution in [3.05, 3.63) is 17.8 Å². The Morgan fingerprint density at radius 2 is 2.41 bits per heavy atom. The number of halogens is 1. The normalized spacial score (nSPS) is 10.7. The zero-order valence-electron chi connectivity index (χ0n) is 9.14. The van der Waals surface area contributed by atoms with Crippen molar-refractivity contribution in [3.63, 3.8) is 0 Å². The van der Waals surface area contributed by atoms with Crippen LogP contribution in [0.3, 0.4) is 0 Å². The van der Waals surface area contributed by atoms with E-state index in [-0.39, 0.29) is 23.5 Å². The van der Waals surface area contributed by atoms with Crippen LogP contribution in [-0.2, 0) is 4.74 Å². The van der Waals surface area contributed by atoms with Crippen molar-refractivity contribution in [2.45, 2.75) is 19.8 Å². The molecular formula is C10H10FN3O3. The lowest BCUT2D eigenvalue weighted by atomic mass is 10.3. The van der Waals surface area contributed by atoms with Gasteiger partial charge in [0.1, 0.15) is 0 Å². The summed E-state index contributed by atoms with van der Waals surface area (Å²) in [5, 5.41) is 3.47. The molecule has 0 unspecified atom stereocenters. The Bertz CT molecular complexity index is 541. The summed E-state index contributed by atoms with van der Waals surface area (Å²) in [5.41, 5.74) is -0.163. The van der Waals surface area contributed by atoms with Crippen molar-refractivity contribution in [2.24, 2.45) is 0 Å². The van der Waals surface area contributed by atoms with E-state index < -0.39 is 11.9 Å². The minimum Gasteiger partial charge on any atom is -0.461 e. The lowest BCUT2D eigenvalue weighted by molar-refractivity contribution is 0.0490. The van der Waals surface area contributed by atoms with Crippen LogP contribution >= 0.6 is 0 Å². The van der Waals surface area contributed by atoms with Crippen LogP contribution in [-0.4, -0.2) is 27.7 Å². The number of unbranched alkanes of at least 4 members (excludes halogenated alkanes) is 1. The second-order valence-corrected chi connectivity index (χ2v) is 3.37. The van der Waals surface area contributed by atoms with E-state index in [2.05, 4.69) is 15.1 Å². The quantitative estimate of drug-likeness (QED) is 0.597. The second-order valence-electron chi connectivity index (χ2n) is 3.37. The first-order valence-electron chi connectivity index (χ1n) is 5.17.